The summed E-state index contributed by atoms with van der Waals surface area (Å²) in [5.41, 5.74) is 0. The van der Waals surface area contributed by atoms with E-state index in [4.69, 9.17) is 5.11 Å². The quantitative estimate of drug-likeness (QED) is 0.524. The minimum Gasteiger partial charge on any atom is -0.387 e. The van der Waals surface area contributed by atoms with Gasteiger partial charge in [0.1, 0.15) is 12.9 Å². The lowest BCUT2D eigenvalue weighted by atomic mass is 10.1. The Balaban J connectivity index is 2.41. The molecule has 1 unspecified atom stereocenters. The van der Waals surface area contributed by atoms with E-state index in [0.717, 1.165) is 12.7 Å². The fraction of sp³-hybridized carbons (Fsp3) is 0.714. The van der Waals surface area contributed by atoms with Crippen LogP contribution in [0.1, 0.15) is 6.42 Å². The Morgan fingerprint density at radius 3 is 2.91 bits per heavy atom. The second-order valence-corrected chi connectivity index (χ2v) is 2.68. The highest BCUT2D eigenvalue weighted by Crippen LogP contribution is 2.13. The lowest BCUT2D eigenvalue weighted by Crippen LogP contribution is -2.31. The van der Waals surface area contributed by atoms with Crippen LogP contribution in [0.25, 0.3) is 0 Å². The van der Waals surface area contributed by atoms with Gasteiger partial charge in [0.2, 0.25) is 5.91 Å². The summed E-state index contributed by atoms with van der Waals surface area (Å²) in [6.07, 6.45) is 1.60. The van der Waals surface area contributed by atoms with E-state index in [0.29, 0.717) is 13.1 Å². The van der Waals surface area contributed by atoms with Gasteiger partial charge in [-0.25, -0.2) is 0 Å². The van der Waals surface area contributed by atoms with Gasteiger partial charge in [-0.05, 0) is 6.42 Å². The van der Waals surface area contributed by atoms with Crippen molar-refractivity contribution in [3.05, 3.63) is 0 Å². The first-order valence-electron chi connectivity index (χ1n) is 3.62. The average Bonchev–Trinajstić information content (AvgIpc) is 2.50. The number of likely N-dealkylation sites (tertiary alicyclic amines) is 1. The van der Waals surface area contributed by atoms with Crippen molar-refractivity contribution in [2.45, 2.75) is 6.42 Å². The first kappa shape index (κ1) is 8.20. The molecule has 1 fully saturated rings. The number of amides is 1. The van der Waals surface area contributed by atoms with Gasteiger partial charge in [0.25, 0.3) is 0 Å². The zero-order valence-corrected chi connectivity index (χ0v) is 6.19. The van der Waals surface area contributed by atoms with Crippen LogP contribution in [0.2, 0.25) is 0 Å². The van der Waals surface area contributed by atoms with Crippen LogP contribution in [0.3, 0.4) is 0 Å². The van der Waals surface area contributed by atoms with Crippen LogP contribution in [-0.4, -0.2) is 41.9 Å². The van der Waals surface area contributed by atoms with E-state index in [1.807, 2.05) is 0 Å². The van der Waals surface area contributed by atoms with E-state index in [1.54, 1.807) is 0 Å². The number of carbonyl (C=O) groups is 2. The molecule has 11 heavy (non-hydrogen) atoms. The fourth-order valence-corrected chi connectivity index (χ4v) is 1.22. The molecule has 62 valence electrons. The highest BCUT2D eigenvalue weighted by molar-refractivity contribution is 5.78. The normalized spacial score (nSPS) is 23.7. The second kappa shape index (κ2) is 3.48. The van der Waals surface area contributed by atoms with Gasteiger partial charge in [0, 0.05) is 19.0 Å². The third-order valence-corrected chi connectivity index (χ3v) is 1.91. The lowest BCUT2D eigenvalue weighted by molar-refractivity contribution is -0.133. The van der Waals surface area contributed by atoms with Crippen molar-refractivity contribution in [1.29, 1.82) is 0 Å². The van der Waals surface area contributed by atoms with Gasteiger partial charge in [-0.3, -0.25) is 4.79 Å². The molecule has 0 aromatic heterocycles. The smallest absolute Gasteiger partial charge is 0.248 e. The summed E-state index contributed by atoms with van der Waals surface area (Å²) >= 11 is 0. The first-order chi connectivity index (χ1) is 5.27. The molecule has 0 radical (unpaired) electrons. The highest BCUT2D eigenvalue weighted by atomic mass is 16.3. The van der Waals surface area contributed by atoms with Crippen molar-refractivity contribution in [1.82, 2.24) is 4.90 Å². The summed E-state index contributed by atoms with van der Waals surface area (Å²) in [6.45, 7) is 0.622. The molecule has 1 N–H and O–H groups in total. The molecule has 1 saturated heterocycles. The second-order valence-electron chi connectivity index (χ2n) is 2.68. The SMILES string of the molecule is O=CC1CCN(C(=O)CO)C1. The van der Waals surface area contributed by atoms with Crippen LogP contribution in [0.5, 0.6) is 0 Å². The summed E-state index contributed by atoms with van der Waals surface area (Å²) in [5.74, 6) is -0.306. The standard InChI is InChI=1S/C7H11NO3/c9-4-6-1-2-8(3-6)7(11)5-10/h4,6,10H,1-3,5H2. The molecule has 0 spiro atoms. The van der Waals surface area contributed by atoms with Crippen LogP contribution >= 0.6 is 0 Å². The number of aldehydes is 1. The Labute approximate surface area is 64.8 Å². The molecule has 1 rings (SSSR count). The molecule has 1 heterocycles. The average molecular weight is 157 g/mol. The summed E-state index contributed by atoms with van der Waals surface area (Å²) in [6, 6.07) is 0. The Kier molecular flexibility index (Phi) is 2.59. The molecule has 0 bridgehead atoms. The van der Waals surface area contributed by atoms with Gasteiger partial charge >= 0.3 is 0 Å². The van der Waals surface area contributed by atoms with Crippen molar-refractivity contribution < 1.29 is 14.7 Å². The predicted octanol–water partition coefficient (Wildman–Crippen LogP) is -0.974. The van der Waals surface area contributed by atoms with Gasteiger partial charge in [-0.2, -0.15) is 0 Å². The zero-order chi connectivity index (χ0) is 8.27. The van der Waals surface area contributed by atoms with Gasteiger partial charge in [-0.1, -0.05) is 0 Å². The number of hydrogen-bond acceptors (Lipinski definition) is 3. The molecule has 4 heteroatoms. The Bertz CT molecular complexity index is 169. The summed E-state index contributed by atoms with van der Waals surface area (Å²) < 4.78 is 0. The molecule has 0 saturated carbocycles. The summed E-state index contributed by atoms with van der Waals surface area (Å²) in [4.78, 5) is 22.6. The highest BCUT2D eigenvalue weighted by Gasteiger charge is 2.24. The molecule has 1 aliphatic heterocycles. The lowest BCUT2D eigenvalue weighted by Gasteiger charge is -2.12. The van der Waals surface area contributed by atoms with E-state index in [-0.39, 0.29) is 11.8 Å². The number of aliphatic hydroxyl groups excluding tert-OH is 1. The maximum atomic E-state index is 10.8. The van der Waals surface area contributed by atoms with Gasteiger partial charge in [0.15, 0.2) is 0 Å². The molecule has 1 amide bonds. The molecule has 1 atom stereocenters. The van der Waals surface area contributed by atoms with Crippen molar-refractivity contribution in [2.75, 3.05) is 19.7 Å². The van der Waals surface area contributed by atoms with Crippen LogP contribution in [0, 0.1) is 5.92 Å². The Hall–Kier alpha value is -0.900. The van der Waals surface area contributed by atoms with Crippen molar-refractivity contribution in [3.8, 4) is 0 Å². The minimum absolute atomic E-state index is 0.0227. The maximum absolute atomic E-state index is 10.8. The first-order valence-corrected chi connectivity index (χ1v) is 3.62. The van der Waals surface area contributed by atoms with Gasteiger partial charge in [0.05, 0.1) is 0 Å². The molecule has 0 aliphatic carbocycles. The monoisotopic (exact) mass is 157 g/mol. The van der Waals surface area contributed by atoms with E-state index < -0.39 is 6.61 Å². The number of nitrogens with zero attached hydrogens (tertiary/aromatic N) is 1. The number of rotatable bonds is 2. The van der Waals surface area contributed by atoms with Crippen molar-refractivity contribution in [2.24, 2.45) is 5.92 Å². The van der Waals surface area contributed by atoms with E-state index >= 15 is 0 Å². The maximum Gasteiger partial charge on any atom is 0.248 e. The Morgan fingerprint density at radius 1 is 1.73 bits per heavy atom. The number of hydrogen-bond donors (Lipinski definition) is 1. The van der Waals surface area contributed by atoms with E-state index in [2.05, 4.69) is 0 Å². The topological polar surface area (TPSA) is 57.6 Å². The van der Waals surface area contributed by atoms with Crippen LogP contribution in [-0.2, 0) is 9.59 Å². The third-order valence-electron chi connectivity index (χ3n) is 1.91. The number of aliphatic hydroxyl groups is 1. The molecular formula is C7H11NO3. The van der Waals surface area contributed by atoms with E-state index in [9.17, 15) is 9.59 Å². The fourth-order valence-electron chi connectivity index (χ4n) is 1.22. The largest absolute Gasteiger partial charge is 0.387 e. The summed E-state index contributed by atoms with van der Waals surface area (Å²) in [5, 5.41) is 8.47. The Morgan fingerprint density at radius 2 is 2.45 bits per heavy atom. The van der Waals surface area contributed by atoms with E-state index in [1.165, 1.54) is 4.90 Å². The minimum atomic E-state index is -0.453. The van der Waals surface area contributed by atoms with Gasteiger partial charge in [-0.15, -0.1) is 0 Å². The van der Waals surface area contributed by atoms with Crippen LogP contribution in [0.15, 0.2) is 0 Å². The number of carbonyl (C=O) groups excluding carboxylic acids is 2. The predicted molar refractivity (Wildman–Crippen MR) is 37.8 cm³/mol. The molecular weight excluding hydrogens is 146 g/mol. The van der Waals surface area contributed by atoms with Crippen molar-refractivity contribution >= 4 is 12.2 Å². The van der Waals surface area contributed by atoms with Crippen LogP contribution in [0.4, 0.5) is 0 Å². The molecule has 4 nitrogen and oxygen atoms in total. The van der Waals surface area contributed by atoms with Crippen LogP contribution < -0.4 is 0 Å². The zero-order valence-electron chi connectivity index (χ0n) is 6.19. The van der Waals surface area contributed by atoms with Crippen molar-refractivity contribution in [3.63, 3.8) is 0 Å². The molecule has 1 aliphatic rings. The summed E-state index contributed by atoms with van der Waals surface area (Å²) in [7, 11) is 0. The van der Waals surface area contributed by atoms with Gasteiger partial charge < -0.3 is 14.8 Å². The molecule has 0 aromatic carbocycles. The third kappa shape index (κ3) is 1.77. The molecule has 0 aromatic rings.